The summed E-state index contributed by atoms with van der Waals surface area (Å²) in [5.74, 6) is 1.80. The predicted molar refractivity (Wildman–Crippen MR) is 130 cm³/mol. The van der Waals surface area contributed by atoms with Gasteiger partial charge < -0.3 is 14.6 Å². The van der Waals surface area contributed by atoms with Crippen LogP contribution in [0.4, 0.5) is 5.69 Å². The van der Waals surface area contributed by atoms with Gasteiger partial charge in [0.05, 0.1) is 59.5 Å². The number of carbonyl (C=O) groups is 1. The zero-order valence-corrected chi connectivity index (χ0v) is 19.4. The van der Waals surface area contributed by atoms with E-state index in [1.165, 1.54) is 0 Å². The Bertz CT molecular complexity index is 1470. The molecule has 9 heteroatoms. The molecule has 9 nitrogen and oxygen atoms in total. The highest BCUT2D eigenvalue weighted by Gasteiger charge is 2.28. The first-order chi connectivity index (χ1) is 17.1. The van der Waals surface area contributed by atoms with Crippen LogP contribution in [0.1, 0.15) is 61.8 Å². The van der Waals surface area contributed by atoms with Crippen LogP contribution in [0.25, 0.3) is 21.9 Å². The van der Waals surface area contributed by atoms with Gasteiger partial charge in [0, 0.05) is 24.0 Å². The third kappa shape index (κ3) is 4.21. The van der Waals surface area contributed by atoms with E-state index in [1.807, 2.05) is 12.1 Å². The fraction of sp³-hybridized carbons (Fsp3) is 0.385. The number of hydrogen-bond donors (Lipinski definition) is 1. The summed E-state index contributed by atoms with van der Waals surface area (Å²) >= 11 is 0. The van der Waals surface area contributed by atoms with Gasteiger partial charge in [0.25, 0.3) is 0 Å². The first-order valence-corrected chi connectivity index (χ1v) is 12.0. The van der Waals surface area contributed by atoms with Gasteiger partial charge in [0.15, 0.2) is 0 Å². The van der Waals surface area contributed by atoms with Gasteiger partial charge in [-0.1, -0.05) is 0 Å². The molecule has 2 fully saturated rings. The van der Waals surface area contributed by atoms with E-state index < -0.39 is 0 Å². The Morgan fingerprint density at radius 2 is 2.00 bits per heavy atom. The number of aromatic nitrogens is 5. The molecule has 0 bridgehead atoms. The highest BCUT2D eigenvalue weighted by Crippen LogP contribution is 2.38. The van der Waals surface area contributed by atoms with Crippen molar-refractivity contribution in [2.45, 2.75) is 57.1 Å². The highest BCUT2D eigenvalue weighted by atomic mass is 16.5. The second-order valence-corrected chi connectivity index (χ2v) is 9.42. The molecule has 176 valence electrons. The summed E-state index contributed by atoms with van der Waals surface area (Å²) < 4.78 is 7.96. The third-order valence-electron chi connectivity index (χ3n) is 6.76. The van der Waals surface area contributed by atoms with Crippen LogP contribution >= 0.6 is 0 Å². The van der Waals surface area contributed by atoms with Gasteiger partial charge in [0.2, 0.25) is 5.91 Å². The number of amides is 1. The van der Waals surface area contributed by atoms with E-state index in [0.717, 1.165) is 47.9 Å². The van der Waals surface area contributed by atoms with E-state index >= 15 is 0 Å². The van der Waals surface area contributed by atoms with Gasteiger partial charge in [-0.25, -0.2) is 15.0 Å². The SMILES string of the molecule is C[C@@H]1C[C@H](n2c(CC(=O)Nc3cnc(C4CC4)nc3)nc3cnc4ccc(C#N)cc4c32)CCO1. The molecule has 1 aliphatic carbocycles. The molecule has 1 aliphatic heterocycles. The second-order valence-electron chi connectivity index (χ2n) is 9.42. The molecule has 2 atom stereocenters. The summed E-state index contributed by atoms with van der Waals surface area (Å²) in [6.07, 6.45) is 9.20. The van der Waals surface area contributed by atoms with E-state index in [9.17, 15) is 10.1 Å². The predicted octanol–water partition coefficient (Wildman–Crippen LogP) is 4.04. The van der Waals surface area contributed by atoms with Crippen LogP contribution in [-0.2, 0) is 16.0 Å². The van der Waals surface area contributed by atoms with Crippen LogP contribution in [0.5, 0.6) is 0 Å². The molecule has 4 heterocycles. The van der Waals surface area contributed by atoms with Crippen LogP contribution in [0.15, 0.2) is 36.8 Å². The molecule has 1 saturated carbocycles. The molecule has 0 radical (unpaired) electrons. The summed E-state index contributed by atoms with van der Waals surface area (Å²) in [6.45, 7) is 2.71. The quantitative estimate of drug-likeness (QED) is 0.470. The average Bonchev–Trinajstić information content (AvgIpc) is 3.65. The first-order valence-electron chi connectivity index (χ1n) is 12.0. The van der Waals surface area contributed by atoms with Gasteiger partial charge in [-0.15, -0.1) is 0 Å². The van der Waals surface area contributed by atoms with Crippen molar-refractivity contribution >= 4 is 33.5 Å². The molecule has 1 aromatic carbocycles. The van der Waals surface area contributed by atoms with E-state index in [1.54, 1.807) is 24.7 Å². The molecule has 1 saturated heterocycles. The lowest BCUT2D eigenvalue weighted by atomic mass is 10.0. The molecule has 3 aromatic heterocycles. The molecular formula is C26H25N7O2. The maximum absolute atomic E-state index is 13.0. The van der Waals surface area contributed by atoms with Crippen molar-refractivity contribution in [1.82, 2.24) is 24.5 Å². The lowest BCUT2D eigenvalue weighted by molar-refractivity contribution is -0.115. The Labute approximate surface area is 202 Å². The molecule has 6 rings (SSSR count). The van der Waals surface area contributed by atoms with E-state index in [2.05, 4.69) is 37.8 Å². The van der Waals surface area contributed by atoms with Gasteiger partial charge in [-0.05, 0) is 50.8 Å². The minimum Gasteiger partial charge on any atom is -0.378 e. The Kier molecular flexibility index (Phi) is 5.38. The normalized spacial score (nSPS) is 20.1. The topological polar surface area (TPSA) is 119 Å². The van der Waals surface area contributed by atoms with Crippen LogP contribution in [-0.4, -0.2) is 43.1 Å². The lowest BCUT2D eigenvalue weighted by Gasteiger charge is -2.30. The standard InChI is InChI=1S/C26H25N7O2/c1-15-8-19(6-7-35-15)33-23(10-24(34)31-18-12-29-26(30-13-18)17-3-4-17)32-22-14-28-21-5-2-16(11-27)9-20(21)25(22)33/h2,5,9,12-15,17,19H,3-4,6-8,10H2,1H3,(H,31,34)/t15-,19-/m1/s1. The van der Waals surface area contributed by atoms with E-state index in [0.29, 0.717) is 35.1 Å². The summed E-state index contributed by atoms with van der Waals surface area (Å²) in [7, 11) is 0. The van der Waals surface area contributed by atoms with Crippen LogP contribution in [0, 0.1) is 11.3 Å². The number of fused-ring (bicyclic) bond motifs is 3. The Hall–Kier alpha value is -3.90. The van der Waals surface area contributed by atoms with Gasteiger partial charge in [-0.3, -0.25) is 9.78 Å². The molecule has 1 N–H and O–H groups in total. The van der Waals surface area contributed by atoms with Crippen molar-refractivity contribution < 1.29 is 9.53 Å². The monoisotopic (exact) mass is 467 g/mol. The van der Waals surface area contributed by atoms with E-state index in [4.69, 9.17) is 9.72 Å². The Balaban J connectivity index is 1.38. The van der Waals surface area contributed by atoms with Crippen LogP contribution in [0.2, 0.25) is 0 Å². The zero-order chi connectivity index (χ0) is 23.9. The molecule has 1 amide bonds. The number of nitrogens with zero attached hydrogens (tertiary/aromatic N) is 6. The van der Waals surface area contributed by atoms with Crippen LogP contribution in [0.3, 0.4) is 0 Å². The number of benzene rings is 1. The molecule has 2 aliphatic rings. The van der Waals surface area contributed by atoms with Crippen molar-refractivity contribution in [2.24, 2.45) is 0 Å². The molecule has 35 heavy (non-hydrogen) atoms. The number of nitriles is 1. The van der Waals surface area contributed by atoms with E-state index in [-0.39, 0.29) is 24.5 Å². The maximum Gasteiger partial charge on any atom is 0.232 e. The van der Waals surface area contributed by atoms with Crippen LogP contribution < -0.4 is 5.32 Å². The average molecular weight is 468 g/mol. The fourth-order valence-electron chi connectivity index (χ4n) is 4.93. The van der Waals surface area contributed by atoms with Gasteiger partial charge in [-0.2, -0.15) is 5.26 Å². The molecule has 0 unspecified atom stereocenters. The number of rotatable bonds is 5. The number of imidazole rings is 1. The van der Waals surface area contributed by atoms with Gasteiger partial charge in [0.1, 0.15) is 17.2 Å². The minimum atomic E-state index is -0.181. The fourth-order valence-corrected chi connectivity index (χ4v) is 4.93. The zero-order valence-electron chi connectivity index (χ0n) is 19.4. The number of carbonyl (C=O) groups excluding carboxylic acids is 1. The van der Waals surface area contributed by atoms with Crippen molar-refractivity contribution in [1.29, 1.82) is 5.26 Å². The van der Waals surface area contributed by atoms with Crippen molar-refractivity contribution in [3.63, 3.8) is 0 Å². The second kappa shape index (κ2) is 8.71. The van der Waals surface area contributed by atoms with Crippen molar-refractivity contribution in [3.05, 3.63) is 54.0 Å². The number of pyridine rings is 1. The minimum absolute atomic E-state index is 0.101. The van der Waals surface area contributed by atoms with Crippen molar-refractivity contribution in [2.75, 3.05) is 11.9 Å². The van der Waals surface area contributed by atoms with Crippen molar-refractivity contribution in [3.8, 4) is 6.07 Å². The largest absolute Gasteiger partial charge is 0.378 e. The summed E-state index contributed by atoms with van der Waals surface area (Å²) in [5, 5.41) is 13.2. The summed E-state index contributed by atoms with van der Waals surface area (Å²) in [6, 6.07) is 7.82. The number of ether oxygens (including phenoxy) is 1. The Morgan fingerprint density at radius 1 is 1.17 bits per heavy atom. The number of nitrogens with one attached hydrogen (secondary N) is 1. The number of anilines is 1. The van der Waals surface area contributed by atoms with Gasteiger partial charge >= 0.3 is 0 Å². The Morgan fingerprint density at radius 3 is 2.74 bits per heavy atom. The molecule has 4 aromatic rings. The summed E-state index contributed by atoms with van der Waals surface area (Å²) in [5.41, 5.74) is 3.56. The first kappa shape index (κ1) is 21.6. The molecule has 0 spiro atoms. The highest BCUT2D eigenvalue weighted by molar-refractivity contribution is 6.03. The number of hydrogen-bond acceptors (Lipinski definition) is 7. The summed E-state index contributed by atoms with van der Waals surface area (Å²) in [4.78, 5) is 31.2. The third-order valence-corrected chi connectivity index (χ3v) is 6.76. The molecular weight excluding hydrogens is 442 g/mol. The maximum atomic E-state index is 13.0. The lowest BCUT2D eigenvalue weighted by Crippen LogP contribution is -2.27. The smallest absolute Gasteiger partial charge is 0.232 e.